The fraction of sp³-hybridized carbons (Fsp3) is 0.182. The van der Waals surface area contributed by atoms with Crippen molar-refractivity contribution >= 4 is 15.9 Å². The molecule has 0 amide bonds. The molecule has 1 aliphatic rings. The summed E-state index contributed by atoms with van der Waals surface area (Å²) < 4.78 is 6.87. The van der Waals surface area contributed by atoms with E-state index in [1.165, 1.54) is 0 Å². The normalized spacial score (nSPS) is 14.4. The number of ether oxygens (including phenoxy) is 1. The summed E-state index contributed by atoms with van der Waals surface area (Å²) >= 11 is 3.42. The topological polar surface area (TPSA) is 68.8 Å². The van der Waals surface area contributed by atoms with Crippen LogP contribution in [0.1, 0.15) is 30.9 Å². The van der Waals surface area contributed by atoms with Crippen LogP contribution in [0.25, 0.3) is 0 Å². The average molecular weight is 420 g/mol. The van der Waals surface area contributed by atoms with Gasteiger partial charge in [-0.25, -0.2) is 0 Å². The van der Waals surface area contributed by atoms with E-state index in [0.717, 1.165) is 32.7 Å². The minimum absolute atomic E-state index is 0.346. The van der Waals surface area contributed by atoms with Crippen LogP contribution in [0.15, 0.2) is 75.5 Å². The number of nitrogens with zero attached hydrogens (tertiary/aromatic N) is 2. The highest BCUT2D eigenvalue weighted by Crippen LogP contribution is 2.37. The molecule has 0 atom stereocenters. The van der Waals surface area contributed by atoms with Crippen molar-refractivity contribution in [1.29, 1.82) is 10.5 Å². The molecule has 0 bridgehead atoms. The molecular formula is C22H18BrN3O. The molecule has 0 aromatic heterocycles. The van der Waals surface area contributed by atoms with E-state index in [2.05, 4.69) is 33.4 Å². The Morgan fingerprint density at radius 2 is 1.48 bits per heavy atom. The van der Waals surface area contributed by atoms with Crippen LogP contribution in [-0.4, -0.2) is 0 Å². The Bertz CT molecular complexity index is 954. The van der Waals surface area contributed by atoms with Crippen LogP contribution in [0.5, 0.6) is 5.75 Å². The minimum atomic E-state index is -0.346. The van der Waals surface area contributed by atoms with Crippen molar-refractivity contribution in [2.45, 2.75) is 26.4 Å². The van der Waals surface area contributed by atoms with Gasteiger partial charge in [0.05, 0.1) is 29.2 Å². The molecule has 27 heavy (non-hydrogen) atoms. The van der Waals surface area contributed by atoms with Crippen LogP contribution in [0.2, 0.25) is 0 Å². The van der Waals surface area contributed by atoms with Crippen molar-refractivity contribution in [3.8, 4) is 17.9 Å². The summed E-state index contributed by atoms with van der Waals surface area (Å²) in [4.78, 5) is 0. The van der Waals surface area contributed by atoms with Crippen LogP contribution in [0.3, 0.4) is 0 Å². The molecule has 0 saturated carbocycles. The third-order valence-corrected chi connectivity index (χ3v) is 5.06. The lowest BCUT2D eigenvalue weighted by Gasteiger charge is -2.26. The van der Waals surface area contributed by atoms with Gasteiger partial charge in [-0.15, -0.1) is 0 Å². The fourth-order valence-electron chi connectivity index (χ4n) is 3.13. The molecule has 134 valence electrons. The fourth-order valence-corrected chi connectivity index (χ4v) is 3.39. The molecule has 0 saturated heterocycles. The van der Waals surface area contributed by atoms with Gasteiger partial charge < -0.3 is 10.1 Å². The van der Waals surface area contributed by atoms with Crippen molar-refractivity contribution in [2.75, 3.05) is 0 Å². The first kappa shape index (κ1) is 18.8. The summed E-state index contributed by atoms with van der Waals surface area (Å²) in [6.45, 7) is 4.20. The Labute approximate surface area is 167 Å². The molecule has 0 aliphatic carbocycles. The first-order valence-electron chi connectivity index (χ1n) is 8.49. The molecule has 0 spiro atoms. The predicted molar refractivity (Wildman–Crippen MR) is 107 cm³/mol. The molecule has 1 heterocycles. The molecule has 1 aliphatic heterocycles. The maximum absolute atomic E-state index is 9.57. The van der Waals surface area contributed by atoms with Crippen LogP contribution in [0, 0.1) is 22.7 Å². The summed E-state index contributed by atoms with van der Waals surface area (Å²) in [7, 11) is 0. The van der Waals surface area contributed by atoms with Gasteiger partial charge in [0.2, 0.25) is 0 Å². The molecule has 2 aromatic carbocycles. The van der Waals surface area contributed by atoms with Gasteiger partial charge in [-0.2, -0.15) is 10.5 Å². The van der Waals surface area contributed by atoms with Gasteiger partial charge in [0.1, 0.15) is 12.4 Å². The smallest absolute Gasteiger partial charge is 0.119 e. The molecule has 0 fully saturated rings. The van der Waals surface area contributed by atoms with Crippen LogP contribution >= 0.6 is 15.9 Å². The van der Waals surface area contributed by atoms with Gasteiger partial charge in [-0.1, -0.05) is 40.2 Å². The van der Waals surface area contributed by atoms with Gasteiger partial charge >= 0.3 is 0 Å². The van der Waals surface area contributed by atoms with E-state index in [4.69, 9.17) is 4.74 Å². The third-order valence-electron chi connectivity index (χ3n) is 4.53. The summed E-state index contributed by atoms with van der Waals surface area (Å²) in [6, 6.07) is 20.1. The number of halogens is 1. The molecule has 1 N–H and O–H groups in total. The minimum Gasteiger partial charge on any atom is -0.489 e. The lowest BCUT2D eigenvalue weighted by Crippen LogP contribution is -2.23. The maximum Gasteiger partial charge on any atom is 0.119 e. The molecular weight excluding hydrogens is 402 g/mol. The van der Waals surface area contributed by atoms with E-state index in [1.807, 2.05) is 62.4 Å². The number of hydrogen-bond acceptors (Lipinski definition) is 4. The Kier molecular flexibility index (Phi) is 5.64. The molecule has 2 aromatic rings. The monoisotopic (exact) mass is 419 g/mol. The summed E-state index contributed by atoms with van der Waals surface area (Å²) in [6.07, 6.45) is 0. The summed E-state index contributed by atoms with van der Waals surface area (Å²) in [5.74, 6) is 0.399. The highest BCUT2D eigenvalue weighted by molar-refractivity contribution is 9.10. The van der Waals surface area contributed by atoms with Crippen LogP contribution in [0.4, 0.5) is 0 Å². The van der Waals surface area contributed by atoms with Gasteiger partial charge in [-0.05, 0) is 49.2 Å². The predicted octanol–water partition coefficient (Wildman–Crippen LogP) is 5.31. The lowest BCUT2D eigenvalue weighted by molar-refractivity contribution is 0.306. The van der Waals surface area contributed by atoms with E-state index in [1.54, 1.807) is 0 Å². The van der Waals surface area contributed by atoms with Crippen LogP contribution < -0.4 is 10.1 Å². The van der Waals surface area contributed by atoms with Gasteiger partial charge in [0.25, 0.3) is 0 Å². The van der Waals surface area contributed by atoms with E-state index < -0.39 is 0 Å². The van der Waals surface area contributed by atoms with Crippen molar-refractivity contribution in [1.82, 2.24) is 5.32 Å². The summed E-state index contributed by atoms with van der Waals surface area (Å²) in [5.41, 5.74) is 4.70. The zero-order valence-corrected chi connectivity index (χ0v) is 16.7. The quantitative estimate of drug-likeness (QED) is 0.728. The zero-order valence-electron chi connectivity index (χ0n) is 15.1. The van der Waals surface area contributed by atoms with Gasteiger partial charge in [-0.3, -0.25) is 0 Å². The van der Waals surface area contributed by atoms with Crippen molar-refractivity contribution in [2.24, 2.45) is 0 Å². The number of dihydropyridines is 1. The third kappa shape index (κ3) is 4.05. The van der Waals surface area contributed by atoms with Gasteiger partial charge in [0, 0.05) is 15.9 Å². The Morgan fingerprint density at radius 3 is 2.00 bits per heavy atom. The second-order valence-corrected chi connectivity index (χ2v) is 7.26. The Balaban J connectivity index is 1.81. The lowest BCUT2D eigenvalue weighted by atomic mass is 9.81. The standard InChI is InChI=1S/C22H18BrN3O/c1-14-20(11-24)22(21(12-25)15(2)26-14)17-5-9-19(10-6-17)27-13-16-3-7-18(23)8-4-16/h3-10,22,26H,13H2,1-2H3. The highest BCUT2D eigenvalue weighted by atomic mass is 79.9. The number of nitriles is 2. The van der Waals surface area contributed by atoms with E-state index in [9.17, 15) is 10.5 Å². The van der Waals surface area contributed by atoms with Crippen molar-refractivity contribution < 1.29 is 4.74 Å². The van der Waals surface area contributed by atoms with Crippen molar-refractivity contribution in [3.05, 3.63) is 86.7 Å². The number of benzene rings is 2. The van der Waals surface area contributed by atoms with E-state index in [0.29, 0.717) is 17.8 Å². The first-order chi connectivity index (χ1) is 13.0. The maximum atomic E-state index is 9.57. The molecule has 0 radical (unpaired) electrons. The van der Waals surface area contributed by atoms with Crippen LogP contribution in [-0.2, 0) is 6.61 Å². The number of nitrogens with one attached hydrogen (secondary N) is 1. The number of hydrogen-bond donors (Lipinski definition) is 1. The Hall–Kier alpha value is -3.02. The highest BCUT2D eigenvalue weighted by Gasteiger charge is 2.29. The molecule has 5 heteroatoms. The number of rotatable bonds is 4. The first-order valence-corrected chi connectivity index (χ1v) is 9.28. The largest absolute Gasteiger partial charge is 0.489 e. The SMILES string of the molecule is CC1=C(C#N)C(c2ccc(OCc3ccc(Br)cc3)cc2)C(C#N)=C(C)N1. The Morgan fingerprint density at radius 1 is 0.926 bits per heavy atom. The average Bonchev–Trinajstić information content (AvgIpc) is 2.67. The number of allylic oxidation sites excluding steroid dienone is 4. The summed E-state index contributed by atoms with van der Waals surface area (Å²) in [5, 5.41) is 22.3. The van der Waals surface area contributed by atoms with E-state index >= 15 is 0 Å². The van der Waals surface area contributed by atoms with Crippen molar-refractivity contribution in [3.63, 3.8) is 0 Å². The molecule has 3 rings (SSSR count). The molecule has 0 unspecified atom stereocenters. The second kappa shape index (κ2) is 8.12. The van der Waals surface area contributed by atoms with Gasteiger partial charge in [0.15, 0.2) is 0 Å². The van der Waals surface area contributed by atoms with E-state index in [-0.39, 0.29) is 5.92 Å². The molecule has 4 nitrogen and oxygen atoms in total. The second-order valence-electron chi connectivity index (χ2n) is 6.34. The zero-order chi connectivity index (χ0) is 19.4.